The topological polar surface area (TPSA) is 40.5 Å². The molecule has 104 valence electrons. The summed E-state index contributed by atoms with van der Waals surface area (Å²) in [5, 5.41) is 9.88. The van der Waals surface area contributed by atoms with Crippen LogP contribution in [0.3, 0.4) is 0 Å². The molecule has 3 nitrogen and oxygen atoms in total. The van der Waals surface area contributed by atoms with Gasteiger partial charge in [-0.2, -0.15) is 0 Å². The molecule has 0 saturated heterocycles. The van der Waals surface area contributed by atoms with Crippen molar-refractivity contribution in [3.63, 3.8) is 0 Å². The van der Waals surface area contributed by atoms with Crippen LogP contribution >= 0.6 is 11.6 Å². The molecule has 0 amide bonds. The zero-order valence-electron chi connectivity index (χ0n) is 11.4. The molecule has 1 aromatic carbocycles. The Morgan fingerprint density at radius 1 is 1.58 bits per heavy atom. The first-order valence-corrected chi connectivity index (χ1v) is 7.16. The van der Waals surface area contributed by atoms with Gasteiger partial charge < -0.3 is 5.11 Å². The highest BCUT2D eigenvalue weighted by Gasteiger charge is 2.31. The molecule has 0 radical (unpaired) electrons. The fourth-order valence-corrected chi connectivity index (χ4v) is 3.07. The number of hydrogen-bond donors (Lipinski definition) is 1. The smallest absolute Gasteiger partial charge is 0.317 e. The van der Waals surface area contributed by atoms with E-state index in [1.807, 2.05) is 18.2 Å². The third kappa shape index (κ3) is 3.10. The molecule has 1 aromatic rings. The van der Waals surface area contributed by atoms with Crippen LogP contribution in [0.15, 0.2) is 18.2 Å². The number of aliphatic carboxylic acids is 1. The van der Waals surface area contributed by atoms with E-state index in [1.54, 1.807) is 0 Å². The van der Waals surface area contributed by atoms with Crippen molar-refractivity contribution in [2.75, 3.05) is 6.54 Å². The van der Waals surface area contributed by atoms with Gasteiger partial charge in [0.05, 0.1) is 6.54 Å². The molecule has 0 aromatic heterocycles. The number of benzene rings is 1. The second-order valence-electron chi connectivity index (χ2n) is 5.22. The van der Waals surface area contributed by atoms with Crippen molar-refractivity contribution >= 4 is 17.6 Å². The summed E-state index contributed by atoms with van der Waals surface area (Å²) in [6, 6.07) is 6.42. The molecule has 0 heterocycles. The van der Waals surface area contributed by atoms with E-state index in [4.69, 9.17) is 16.7 Å². The van der Waals surface area contributed by atoms with Crippen LogP contribution in [0.4, 0.5) is 0 Å². The molecular formula is C15H20ClNO2. The van der Waals surface area contributed by atoms with Crippen LogP contribution in [-0.4, -0.2) is 28.6 Å². The molecule has 2 rings (SSSR count). The maximum Gasteiger partial charge on any atom is 0.317 e. The first-order chi connectivity index (χ1) is 9.02. The Morgan fingerprint density at radius 2 is 2.32 bits per heavy atom. The minimum atomic E-state index is -0.761. The highest BCUT2D eigenvalue weighted by molar-refractivity contribution is 6.30. The molecule has 0 spiro atoms. The zero-order valence-corrected chi connectivity index (χ0v) is 12.2. The van der Waals surface area contributed by atoms with Gasteiger partial charge in [-0.05, 0) is 49.4 Å². The number of fused-ring (bicyclic) bond motifs is 1. The van der Waals surface area contributed by atoms with E-state index in [0.29, 0.717) is 0 Å². The van der Waals surface area contributed by atoms with Crippen LogP contribution in [0.2, 0.25) is 5.02 Å². The maximum absolute atomic E-state index is 11.1. The predicted molar refractivity (Wildman–Crippen MR) is 76.6 cm³/mol. The number of rotatable bonds is 5. The summed E-state index contributed by atoms with van der Waals surface area (Å²) in [4.78, 5) is 13.2. The second-order valence-corrected chi connectivity index (χ2v) is 5.66. The Bertz CT molecular complexity index is 475. The average Bonchev–Trinajstić information content (AvgIpc) is 2.77. The summed E-state index contributed by atoms with van der Waals surface area (Å²) < 4.78 is 0. The minimum absolute atomic E-state index is 0.0989. The number of hydrogen-bond acceptors (Lipinski definition) is 2. The van der Waals surface area contributed by atoms with E-state index in [1.165, 1.54) is 11.1 Å². The monoisotopic (exact) mass is 281 g/mol. The number of carboxylic acid groups (broad SMARTS) is 1. The summed E-state index contributed by atoms with van der Waals surface area (Å²) in [5.41, 5.74) is 2.50. The van der Waals surface area contributed by atoms with Gasteiger partial charge in [0.1, 0.15) is 0 Å². The molecular weight excluding hydrogens is 262 g/mol. The van der Waals surface area contributed by atoms with Gasteiger partial charge in [0.2, 0.25) is 0 Å². The third-order valence-corrected chi connectivity index (χ3v) is 4.26. The Labute approximate surface area is 119 Å². The van der Waals surface area contributed by atoms with Gasteiger partial charge in [0.15, 0.2) is 0 Å². The fraction of sp³-hybridized carbons (Fsp3) is 0.533. The Hall–Kier alpha value is -1.06. The van der Waals surface area contributed by atoms with E-state index in [9.17, 15) is 4.79 Å². The van der Waals surface area contributed by atoms with Crippen molar-refractivity contribution in [2.45, 2.75) is 45.2 Å². The zero-order chi connectivity index (χ0) is 14.0. The SMILES string of the molecule is CCC(C)N(CC(=O)O)C1CCc2cc(Cl)ccc21. The van der Waals surface area contributed by atoms with Crippen molar-refractivity contribution in [2.24, 2.45) is 0 Å². The van der Waals surface area contributed by atoms with Gasteiger partial charge in [-0.15, -0.1) is 0 Å². The van der Waals surface area contributed by atoms with Crippen molar-refractivity contribution in [1.29, 1.82) is 0 Å². The molecule has 2 atom stereocenters. The van der Waals surface area contributed by atoms with Gasteiger partial charge >= 0.3 is 5.97 Å². The van der Waals surface area contributed by atoms with E-state index >= 15 is 0 Å². The Kier molecular flexibility index (Phi) is 4.48. The highest BCUT2D eigenvalue weighted by Crippen LogP contribution is 2.38. The summed E-state index contributed by atoms with van der Waals surface area (Å²) >= 11 is 6.02. The lowest BCUT2D eigenvalue weighted by molar-refractivity contribution is -0.139. The minimum Gasteiger partial charge on any atom is -0.480 e. The van der Waals surface area contributed by atoms with E-state index in [2.05, 4.69) is 18.7 Å². The van der Waals surface area contributed by atoms with Crippen LogP contribution in [0.5, 0.6) is 0 Å². The van der Waals surface area contributed by atoms with E-state index in [0.717, 1.165) is 24.3 Å². The quantitative estimate of drug-likeness (QED) is 0.898. The summed E-state index contributed by atoms with van der Waals surface area (Å²) in [7, 11) is 0. The first-order valence-electron chi connectivity index (χ1n) is 6.78. The van der Waals surface area contributed by atoms with Crippen molar-refractivity contribution in [1.82, 2.24) is 4.90 Å². The molecule has 1 aliphatic rings. The predicted octanol–water partition coefficient (Wildman–Crippen LogP) is 3.51. The standard InChI is InChI=1S/C15H20ClNO2/c1-3-10(2)17(9-15(18)19)14-7-4-11-8-12(16)5-6-13(11)14/h5-6,8,10,14H,3-4,7,9H2,1-2H3,(H,18,19). The van der Waals surface area contributed by atoms with Gasteiger partial charge in [-0.1, -0.05) is 24.6 Å². The molecule has 0 bridgehead atoms. The number of carbonyl (C=O) groups is 1. The van der Waals surface area contributed by atoms with Gasteiger partial charge in [-0.25, -0.2) is 0 Å². The lowest BCUT2D eigenvalue weighted by Crippen LogP contribution is -2.39. The number of halogens is 1. The highest BCUT2D eigenvalue weighted by atomic mass is 35.5. The Morgan fingerprint density at radius 3 is 2.95 bits per heavy atom. The summed E-state index contributed by atoms with van der Waals surface area (Å²) in [6.45, 7) is 4.29. The van der Waals surface area contributed by atoms with Crippen molar-refractivity contribution in [3.05, 3.63) is 34.3 Å². The second kappa shape index (κ2) is 5.93. The van der Waals surface area contributed by atoms with Gasteiger partial charge in [0, 0.05) is 17.1 Å². The molecule has 1 aliphatic carbocycles. The lowest BCUT2D eigenvalue weighted by Gasteiger charge is -2.33. The molecule has 0 aliphatic heterocycles. The first kappa shape index (κ1) is 14.4. The van der Waals surface area contributed by atoms with Gasteiger partial charge in [0.25, 0.3) is 0 Å². The normalized spacial score (nSPS) is 19.5. The van der Waals surface area contributed by atoms with E-state index < -0.39 is 5.97 Å². The number of carboxylic acids is 1. The van der Waals surface area contributed by atoms with Gasteiger partial charge in [-0.3, -0.25) is 9.69 Å². The molecule has 4 heteroatoms. The number of nitrogens with zero attached hydrogens (tertiary/aromatic N) is 1. The molecule has 0 fully saturated rings. The number of aryl methyl sites for hydroxylation is 1. The summed E-state index contributed by atoms with van der Waals surface area (Å²) in [5.74, 6) is -0.761. The van der Waals surface area contributed by atoms with Crippen LogP contribution < -0.4 is 0 Å². The van der Waals surface area contributed by atoms with E-state index in [-0.39, 0.29) is 18.6 Å². The fourth-order valence-electron chi connectivity index (χ4n) is 2.87. The van der Waals surface area contributed by atoms with Crippen molar-refractivity contribution in [3.8, 4) is 0 Å². The molecule has 2 unspecified atom stereocenters. The Balaban J connectivity index is 2.27. The molecule has 0 saturated carbocycles. The van der Waals surface area contributed by atoms with Crippen LogP contribution in [0.25, 0.3) is 0 Å². The van der Waals surface area contributed by atoms with Crippen LogP contribution in [-0.2, 0) is 11.2 Å². The largest absolute Gasteiger partial charge is 0.480 e. The van der Waals surface area contributed by atoms with Crippen molar-refractivity contribution < 1.29 is 9.90 Å². The lowest BCUT2D eigenvalue weighted by atomic mass is 10.0. The average molecular weight is 282 g/mol. The van der Waals surface area contributed by atoms with Crippen LogP contribution in [0, 0.1) is 0 Å². The van der Waals surface area contributed by atoms with Crippen LogP contribution in [0.1, 0.15) is 43.9 Å². The molecule has 1 N–H and O–H groups in total. The maximum atomic E-state index is 11.1. The third-order valence-electron chi connectivity index (χ3n) is 4.03. The summed E-state index contributed by atoms with van der Waals surface area (Å²) in [6.07, 6.45) is 2.91. The molecule has 19 heavy (non-hydrogen) atoms.